The lowest BCUT2D eigenvalue weighted by atomic mass is 10.1. The quantitative estimate of drug-likeness (QED) is 0.565. The lowest BCUT2D eigenvalue weighted by Crippen LogP contribution is -2.38. The molecule has 0 saturated heterocycles. The molecular formula is C13H19BrN2O3. The van der Waals surface area contributed by atoms with Gasteiger partial charge in [0.15, 0.2) is 0 Å². The van der Waals surface area contributed by atoms with E-state index >= 15 is 0 Å². The molecule has 2 N–H and O–H groups in total. The molecule has 0 saturated carbocycles. The number of amides is 2. The predicted molar refractivity (Wildman–Crippen MR) is 77.1 cm³/mol. The first-order valence-corrected chi connectivity index (χ1v) is 6.85. The Balaban J connectivity index is 2.09. The molecule has 5 nitrogen and oxygen atoms in total. The van der Waals surface area contributed by atoms with Gasteiger partial charge in [-0.15, -0.1) is 0 Å². The predicted octanol–water partition coefficient (Wildman–Crippen LogP) is 1.91. The van der Waals surface area contributed by atoms with Gasteiger partial charge < -0.3 is 20.1 Å². The molecule has 0 aliphatic heterocycles. The van der Waals surface area contributed by atoms with Gasteiger partial charge in [0.05, 0.1) is 13.2 Å². The van der Waals surface area contributed by atoms with Crippen molar-refractivity contribution >= 4 is 22.0 Å². The van der Waals surface area contributed by atoms with Crippen LogP contribution in [0.1, 0.15) is 5.56 Å². The Hall–Kier alpha value is -1.11. The van der Waals surface area contributed by atoms with E-state index in [1.165, 1.54) is 5.56 Å². The van der Waals surface area contributed by atoms with E-state index in [4.69, 9.17) is 9.47 Å². The number of hydrogen-bond acceptors (Lipinski definition) is 3. The topological polar surface area (TPSA) is 59.6 Å². The lowest BCUT2D eigenvalue weighted by Gasteiger charge is -2.09. The summed E-state index contributed by atoms with van der Waals surface area (Å²) < 4.78 is 11.0. The van der Waals surface area contributed by atoms with Gasteiger partial charge in [0.25, 0.3) is 0 Å². The van der Waals surface area contributed by atoms with E-state index in [1.54, 1.807) is 7.11 Å². The molecule has 0 aliphatic rings. The molecule has 0 fully saturated rings. The number of carbonyl (C=O) groups excluding carboxylic acids is 1. The van der Waals surface area contributed by atoms with Crippen molar-refractivity contribution < 1.29 is 14.3 Å². The minimum atomic E-state index is -0.232. The Bertz CT molecular complexity index is 388. The molecule has 1 aromatic carbocycles. The molecular weight excluding hydrogens is 312 g/mol. The highest BCUT2D eigenvalue weighted by Crippen LogP contribution is 2.15. The second kappa shape index (κ2) is 9.77. The first-order chi connectivity index (χ1) is 9.24. The van der Waals surface area contributed by atoms with Crippen LogP contribution < -0.4 is 10.6 Å². The van der Waals surface area contributed by atoms with Gasteiger partial charge in [-0.3, -0.25) is 0 Å². The van der Waals surface area contributed by atoms with Crippen LogP contribution in [0.25, 0.3) is 0 Å². The van der Waals surface area contributed by atoms with Crippen LogP contribution in [0.3, 0.4) is 0 Å². The summed E-state index contributed by atoms with van der Waals surface area (Å²) in [5.41, 5.74) is 1.17. The molecule has 106 valence electrons. The highest BCUT2D eigenvalue weighted by atomic mass is 79.9. The molecule has 19 heavy (non-hydrogen) atoms. The molecule has 0 radical (unpaired) electrons. The summed E-state index contributed by atoms with van der Waals surface area (Å²) in [4.78, 5) is 11.4. The normalized spacial score (nSPS) is 10.2. The maximum atomic E-state index is 11.4. The average molecular weight is 331 g/mol. The van der Waals surface area contributed by atoms with Crippen molar-refractivity contribution in [2.75, 3.05) is 33.6 Å². The minimum Gasteiger partial charge on any atom is -0.382 e. The molecule has 0 unspecified atom stereocenters. The van der Waals surface area contributed by atoms with E-state index in [0.29, 0.717) is 19.8 Å². The van der Waals surface area contributed by atoms with Crippen LogP contribution in [0, 0.1) is 0 Å². The van der Waals surface area contributed by atoms with Crippen molar-refractivity contribution in [1.82, 2.24) is 10.6 Å². The van der Waals surface area contributed by atoms with Crippen molar-refractivity contribution in [3.63, 3.8) is 0 Å². The third-order valence-corrected chi connectivity index (χ3v) is 3.18. The lowest BCUT2D eigenvalue weighted by molar-refractivity contribution is 0.0643. The van der Waals surface area contributed by atoms with E-state index in [9.17, 15) is 4.79 Å². The first-order valence-electron chi connectivity index (χ1n) is 6.06. The van der Waals surface area contributed by atoms with Crippen LogP contribution in [-0.2, 0) is 15.9 Å². The number of hydrogen-bond donors (Lipinski definition) is 2. The van der Waals surface area contributed by atoms with Crippen molar-refractivity contribution in [3.05, 3.63) is 34.3 Å². The van der Waals surface area contributed by atoms with E-state index < -0.39 is 0 Å². The number of carbonyl (C=O) groups is 1. The van der Waals surface area contributed by atoms with Gasteiger partial charge in [-0.05, 0) is 18.1 Å². The number of ether oxygens (including phenoxy) is 2. The van der Waals surface area contributed by atoms with Crippen LogP contribution in [0.2, 0.25) is 0 Å². The zero-order valence-corrected chi connectivity index (χ0v) is 12.5. The zero-order chi connectivity index (χ0) is 13.9. The second-order valence-corrected chi connectivity index (χ2v) is 4.67. The average Bonchev–Trinajstić information content (AvgIpc) is 2.41. The number of urea groups is 1. The fourth-order valence-electron chi connectivity index (χ4n) is 1.41. The summed E-state index contributed by atoms with van der Waals surface area (Å²) in [6.45, 7) is 1.75. The molecule has 2 amide bonds. The van der Waals surface area contributed by atoms with Crippen LogP contribution in [0.4, 0.5) is 4.79 Å². The van der Waals surface area contributed by atoms with Gasteiger partial charge in [0.2, 0.25) is 0 Å². The van der Waals surface area contributed by atoms with E-state index in [1.807, 2.05) is 24.3 Å². The standard InChI is InChI=1S/C13H19BrN2O3/c1-18-8-9-19-10-16-13(17)15-7-6-11-4-2-3-5-12(11)14/h2-5H,6-10H2,1H3,(H2,15,16,17). The van der Waals surface area contributed by atoms with Crippen LogP contribution in [-0.4, -0.2) is 39.6 Å². The summed E-state index contributed by atoms with van der Waals surface area (Å²) in [7, 11) is 1.60. The Kier molecular flexibility index (Phi) is 8.20. The Labute approximate surface area is 121 Å². The largest absolute Gasteiger partial charge is 0.382 e. The first kappa shape index (κ1) is 15.9. The summed E-state index contributed by atoms with van der Waals surface area (Å²) in [5.74, 6) is 0. The van der Waals surface area contributed by atoms with Gasteiger partial charge in [-0.25, -0.2) is 4.79 Å². The maximum absolute atomic E-state index is 11.4. The Morgan fingerprint density at radius 2 is 2.05 bits per heavy atom. The van der Waals surface area contributed by atoms with Crippen molar-refractivity contribution in [1.29, 1.82) is 0 Å². The van der Waals surface area contributed by atoms with Gasteiger partial charge in [0, 0.05) is 18.1 Å². The van der Waals surface area contributed by atoms with Gasteiger partial charge in [-0.2, -0.15) is 0 Å². The Morgan fingerprint density at radius 3 is 2.79 bits per heavy atom. The van der Waals surface area contributed by atoms with E-state index in [0.717, 1.165) is 10.9 Å². The van der Waals surface area contributed by atoms with Crippen molar-refractivity contribution in [2.24, 2.45) is 0 Å². The second-order valence-electron chi connectivity index (χ2n) is 3.82. The molecule has 0 spiro atoms. The summed E-state index contributed by atoms with van der Waals surface area (Å²) in [5, 5.41) is 5.37. The fourth-order valence-corrected chi connectivity index (χ4v) is 1.89. The molecule has 6 heteroatoms. The molecule has 0 aromatic heterocycles. The molecule has 0 heterocycles. The summed E-state index contributed by atoms with van der Waals surface area (Å²) in [6.07, 6.45) is 0.777. The van der Waals surface area contributed by atoms with Crippen molar-refractivity contribution in [2.45, 2.75) is 6.42 Å². The molecule has 0 aliphatic carbocycles. The van der Waals surface area contributed by atoms with Crippen LogP contribution in [0.15, 0.2) is 28.7 Å². The van der Waals surface area contributed by atoms with Gasteiger partial charge in [-0.1, -0.05) is 34.1 Å². The number of rotatable bonds is 8. The SMILES string of the molecule is COCCOCNC(=O)NCCc1ccccc1Br. The van der Waals surface area contributed by atoms with Gasteiger partial charge >= 0.3 is 6.03 Å². The number of benzene rings is 1. The van der Waals surface area contributed by atoms with Crippen LogP contribution in [0.5, 0.6) is 0 Å². The van der Waals surface area contributed by atoms with Gasteiger partial charge in [0.1, 0.15) is 6.73 Å². The summed E-state index contributed by atoms with van der Waals surface area (Å²) >= 11 is 3.47. The fraction of sp³-hybridized carbons (Fsp3) is 0.462. The maximum Gasteiger partial charge on any atom is 0.316 e. The molecule has 0 atom stereocenters. The number of methoxy groups -OCH3 is 1. The minimum absolute atomic E-state index is 0.185. The number of nitrogens with one attached hydrogen (secondary N) is 2. The smallest absolute Gasteiger partial charge is 0.316 e. The van der Waals surface area contributed by atoms with Crippen molar-refractivity contribution in [3.8, 4) is 0 Å². The third-order valence-electron chi connectivity index (χ3n) is 2.40. The third kappa shape index (κ3) is 7.15. The summed E-state index contributed by atoms with van der Waals surface area (Å²) in [6, 6.07) is 7.72. The molecule has 1 aromatic rings. The molecule has 0 bridgehead atoms. The highest BCUT2D eigenvalue weighted by molar-refractivity contribution is 9.10. The van der Waals surface area contributed by atoms with E-state index in [-0.39, 0.29) is 12.8 Å². The number of halogens is 1. The molecule has 1 rings (SSSR count). The van der Waals surface area contributed by atoms with E-state index in [2.05, 4.69) is 26.6 Å². The zero-order valence-electron chi connectivity index (χ0n) is 10.9. The van der Waals surface area contributed by atoms with Crippen LogP contribution >= 0.6 is 15.9 Å². The Morgan fingerprint density at radius 1 is 1.26 bits per heavy atom. The monoisotopic (exact) mass is 330 g/mol. The highest BCUT2D eigenvalue weighted by Gasteiger charge is 2.01.